The fourth-order valence-corrected chi connectivity index (χ4v) is 3.05. The van der Waals surface area contributed by atoms with E-state index in [4.69, 9.17) is 17.0 Å². The van der Waals surface area contributed by atoms with Crippen molar-refractivity contribution in [3.05, 3.63) is 76.9 Å². The minimum atomic E-state index is -1.11. The van der Waals surface area contributed by atoms with Crippen molar-refractivity contribution in [2.45, 2.75) is 13.0 Å². The molecule has 0 bridgehead atoms. The van der Waals surface area contributed by atoms with E-state index in [1.54, 1.807) is 31.2 Å². The minimum Gasteiger partial charge on any atom is -0.463 e. The van der Waals surface area contributed by atoms with Gasteiger partial charge in [0.05, 0.1) is 29.5 Å². The smallest absolute Gasteiger partial charge is 0.338 e. The van der Waals surface area contributed by atoms with Crippen LogP contribution in [0.3, 0.4) is 0 Å². The molecule has 1 aliphatic heterocycles. The lowest BCUT2D eigenvalue weighted by Crippen LogP contribution is -2.45. The van der Waals surface area contributed by atoms with Crippen LogP contribution in [0.4, 0.5) is 8.78 Å². The van der Waals surface area contributed by atoms with Crippen LogP contribution in [0.15, 0.2) is 54.1 Å². The Balaban J connectivity index is 2.24. The second-order valence-electron chi connectivity index (χ2n) is 5.54. The molecule has 0 aromatic heterocycles. The van der Waals surface area contributed by atoms with Crippen molar-refractivity contribution in [3.63, 3.8) is 0 Å². The highest BCUT2D eigenvalue weighted by molar-refractivity contribution is 7.80. The molecule has 26 heavy (non-hydrogen) atoms. The molecule has 3 rings (SSSR count). The summed E-state index contributed by atoms with van der Waals surface area (Å²) in [6, 6.07) is 11.4. The first kappa shape index (κ1) is 18.0. The number of ether oxygens (including phenoxy) is 1. The van der Waals surface area contributed by atoms with Crippen LogP contribution < -0.4 is 10.6 Å². The lowest BCUT2D eigenvalue weighted by atomic mass is 9.92. The molecule has 0 saturated carbocycles. The Morgan fingerprint density at radius 3 is 2.38 bits per heavy atom. The van der Waals surface area contributed by atoms with E-state index in [0.29, 0.717) is 11.3 Å². The highest BCUT2D eigenvalue weighted by Crippen LogP contribution is 2.34. The van der Waals surface area contributed by atoms with Gasteiger partial charge in [-0.1, -0.05) is 36.4 Å². The number of carbonyl (C=O) groups excluding carboxylic acids is 1. The molecule has 134 valence electrons. The number of hydrogen-bond acceptors (Lipinski definition) is 3. The Morgan fingerprint density at radius 1 is 1.12 bits per heavy atom. The maximum atomic E-state index is 14.4. The summed E-state index contributed by atoms with van der Waals surface area (Å²) in [6.07, 6.45) is 0. The number of nitrogens with one attached hydrogen (secondary N) is 2. The second-order valence-corrected chi connectivity index (χ2v) is 5.95. The Bertz CT molecular complexity index is 864. The normalized spacial score (nSPS) is 16.7. The molecule has 1 aliphatic rings. The summed E-state index contributed by atoms with van der Waals surface area (Å²) < 4.78 is 33.9. The molecule has 0 saturated heterocycles. The first-order chi connectivity index (χ1) is 12.5. The van der Waals surface area contributed by atoms with Gasteiger partial charge >= 0.3 is 5.97 Å². The van der Waals surface area contributed by atoms with Gasteiger partial charge < -0.3 is 15.4 Å². The Hall–Kier alpha value is -2.80. The zero-order valence-electron chi connectivity index (χ0n) is 13.9. The maximum Gasteiger partial charge on any atom is 0.338 e. The lowest BCUT2D eigenvalue weighted by Gasteiger charge is -2.31. The van der Waals surface area contributed by atoms with Crippen molar-refractivity contribution >= 4 is 29.0 Å². The van der Waals surface area contributed by atoms with Crippen LogP contribution in [0.5, 0.6) is 0 Å². The SMILES string of the molecule is CCOC(=O)C1=C(c2ccccc2)NC(=S)N[C@H]1c1c(F)cccc1F. The van der Waals surface area contributed by atoms with E-state index in [-0.39, 0.29) is 22.9 Å². The van der Waals surface area contributed by atoms with Gasteiger partial charge in [0.25, 0.3) is 0 Å². The van der Waals surface area contributed by atoms with E-state index in [9.17, 15) is 13.6 Å². The zero-order chi connectivity index (χ0) is 18.7. The second kappa shape index (κ2) is 7.61. The van der Waals surface area contributed by atoms with Crippen molar-refractivity contribution < 1.29 is 18.3 Å². The van der Waals surface area contributed by atoms with Crippen LogP contribution in [-0.2, 0) is 9.53 Å². The molecule has 0 spiro atoms. The fraction of sp³-hybridized carbons (Fsp3) is 0.158. The monoisotopic (exact) mass is 374 g/mol. The third kappa shape index (κ3) is 3.43. The molecule has 0 radical (unpaired) electrons. The third-order valence-corrected chi connectivity index (χ3v) is 4.14. The highest BCUT2D eigenvalue weighted by atomic mass is 32.1. The van der Waals surface area contributed by atoms with E-state index in [1.165, 1.54) is 6.07 Å². The average molecular weight is 374 g/mol. The molecule has 4 nitrogen and oxygen atoms in total. The van der Waals surface area contributed by atoms with Crippen LogP contribution in [0.1, 0.15) is 24.1 Å². The summed E-state index contributed by atoms with van der Waals surface area (Å²) in [5, 5.41) is 5.86. The molecular weight excluding hydrogens is 358 g/mol. The predicted molar refractivity (Wildman–Crippen MR) is 98.0 cm³/mol. The number of esters is 1. The number of hydrogen-bond donors (Lipinski definition) is 2. The molecule has 0 amide bonds. The maximum absolute atomic E-state index is 14.4. The van der Waals surface area contributed by atoms with Crippen LogP contribution in [0, 0.1) is 11.6 Å². The Labute approximate surface area is 154 Å². The summed E-state index contributed by atoms with van der Waals surface area (Å²) in [6.45, 7) is 1.79. The molecule has 2 aromatic rings. The first-order valence-electron chi connectivity index (χ1n) is 8.01. The van der Waals surface area contributed by atoms with Gasteiger partial charge in [0.15, 0.2) is 5.11 Å². The van der Waals surface area contributed by atoms with E-state index in [0.717, 1.165) is 12.1 Å². The largest absolute Gasteiger partial charge is 0.463 e. The van der Waals surface area contributed by atoms with Gasteiger partial charge in [-0.2, -0.15) is 0 Å². The molecule has 1 atom stereocenters. The number of carbonyl (C=O) groups is 1. The van der Waals surface area contributed by atoms with Gasteiger partial charge in [0, 0.05) is 0 Å². The predicted octanol–water partition coefficient (Wildman–Crippen LogP) is 3.46. The third-order valence-electron chi connectivity index (χ3n) is 3.92. The quantitative estimate of drug-likeness (QED) is 0.634. The van der Waals surface area contributed by atoms with Crippen LogP contribution in [0.25, 0.3) is 5.70 Å². The molecule has 1 heterocycles. The average Bonchev–Trinajstić information content (AvgIpc) is 2.62. The van der Waals surface area contributed by atoms with Gasteiger partial charge in [-0.05, 0) is 36.8 Å². The number of halogens is 2. The number of rotatable bonds is 4. The van der Waals surface area contributed by atoms with Gasteiger partial charge in [0.1, 0.15) is 11.6 Å². The summed E-state index contributed by atoms with van der Waals surface area (Å²) in [5.74, 6) is -2.23. The molecule has 2 aromatic carbocycles. The summed E-state index contributed by atoms with van der Waals surface area (Å²) in [4.78, 5) is 12.6. The standard InChI is InChI=1S/C19H16F2N2O2S/c1-2-25-18(24)15-16(11-7-4-3-5-8-11)22-19(26)23-17(15)14-12(20)9-6-10-13(14)21/h3-10,17H,2H2,1H3,(H2,22,23,26)/t17-/m0/s1. The van der Waals surface area contributed by atoms with Gasteiger partial charge in [-0.3, -0.25) is 0 Å². The van der Waals surface area contributed by atoms with Crippen molar-refractivity contribution in [3.8, 4) is 0 Å². The molecule has 7 heteroatoms. The summed E-state index contributed by atoms with van der Waals surface area (Å²) >= 11 is 5.20. The van der Waals surface area contributed by atoms with Crippen LogP contribution in [-0.4, -0.2) is 17.7 Å². The molecule has 0 unspecified atom stereocenters. The number of thiocarbonyl (C=S) groups is 1. The van der Waals surface area contributed by atoms with E-state index in [2.05, 4.69) is 10.6 Å². The van der Waals surface area contributed by atoms with Crippen molar-refractivity contribution in [1.29, 1.82) is 0 Å². The van der Waals surface area contributed by atoms with E-state index < -0.39 is 23.6 Å². The highest BCUT2D eigenvalue weighted by Gasteiger charge is 2.36. The summed E-state index contributed by atoms with van der Waals surface area (Å²) in [7, 11) is 0. The summed E-state index contributed by atoms with van der Waals surface area (Å²) in [5.41, 5.74) is 0.796. The van der Waals surface area contributed by atoms with E-state index >= 15 is 0 Å². The van der Waals surface area contributed by atoms with E-state index in [1.807, 2.05) is 6.07 Å². The topological polar surface area (TPSA) is 50.4 Å². The van der Waals surface area contributed by atoms with Gasteiger partial charge in [0.2, 0.25) is 0 Å². The minimum absolute atomic E-state index is 0.0654. The van der Waals surface area contributed by atoms with Crippen molar-refractivity contribution in [1.82, 2.24) is 10.6 Å². The molecule has 0 aliphatic carbocycles. The zero-order valence-corrected chi connectivity index (χ0v) is 14.7. The Kier molecular flexibility index (Phi) is 5.27. The van der Waals surface area contributed by atoms with Crippen molar-refractivity contribution in [2.75, 3.05) is 6.61 Å². The van der Waals surface area contributed by atoms with Crippen LogP contribution >= 0.6 is 12.2 Å². The molecule has 2 N–H and O–H groups in total. The van der Waals surface area contributed by atoms with Gasteiger partial charge in [-0.15, -0.1) is 0 Å². The number of benzene rings is 2. The van der Waals surface area contributed by atoms with Crippen LogP contribution in [0.2, 0.25) is 0 Å². The molecular formula is C19H16F2N2O2S. The molecule has 0 fully saturated rings. The van der Waals surface area contributed by atoms with Gasteiger partial charge in [-0.25, -0.2) is 13.6 Å². The van der Waals surface area contributed by atoms with Crippen molar-refractivity contribution in [2.24, 2.45) is 0 Å². The fourth-order valence-electron chi connectivity index (χ4n) is 2.83. The lowest BCUT2D eigenvalue weighted by molar-refractivity contribution is -0.138. The first-order valence-corrected chi connectivity index (χ1v) is 8.42. The Morgan fingerprint density at radius 2 is 1.77 bits per heavy atom.